The molecule has 1 heterocycles. The summed E-state index contributed by atoms with van der Waals surface area (Å²) in [6.07, 6.45) is 0.704. The Bertz CT molecular complexity index is 836. The molecule has 0 radical (unpaired) electrons. The molecule has 0 saturated carbocycles. The fourth-order valence-electron chi connectivity index (χ4n) is 2.85. The van der Waals surface area contributed by atoms with Crippen molar-refractivity contribution in [2.24, 2.45) is 5.73 Å². The van der Waals surface area contributed by atoms with Crippen LogP contribution in [0.3, 0.4) is 0 Å². The number of carbonyl (C=O) groups excluding carboxylic acids is 1. The highest BCUT2D eigenvalue weighted by molar-refractivity contribution is 5.94. The molecule has 124 valence electrons. The quantitative estimate of drug-likeness (QED) is 0.732. The van der Waals surface area contributed by atoms with E-state index in [0.717, 1.165) is 29.0 Å². The van der Waals surface area contributed by atoms with Crippen molar-refractivity contribution < 1.29 is 4.79 Å². The molecule has 0 aliphatic heterocycles. The van der Waals surface area contributed by atoms with Crippen LogP contribution in [0.15, 0.2) is 48.5 Å². The lowest BCUT2D eigenvalue weighted by atomic mass is 10.1. The van der Waals surface area contributed by atoms with Crippen LogP contribution in [-0.4, -0.2) is 22.0 Å². The number of hydrogen-bond acceptors (Lipinski definition) is 3. The molecule has 1 aromatic heterocycles. The van der Waals surface area contributed by atoms with Crippen molar-refractivity contribution in [3.05, 3.63) is 65.5 Å². The van der Waals surface area contributed by atoms with E-state index in [0.29, 0.717) is 25.1 Å². The number of nitrogens with one attached hydrogen (secondary N) is 1. The van der Waals surface area contributed by atoms with Gasteiger partial charge in [-0.15, -0.1) is 0 Å². The number of nitrogens with zero attached hydrogens (tertiary/aromatic N) is 2. The van der Waals surface area contributed by atoms with Crippen molar-refractivity contribution in [1.29, 1.82) is 0 Å². The van der Waals surface area contributed by atoms with Gasteiger partial charge in [-0.1, -0.05) is 24.3 Å². The Balaban J connectivity index is 1.64. The van der Waals surface area contributed by atoms with Gasteiger partial charge in [-0.3, -0.25) is 4.79 Å². The van der Waals surface area contributed by atoms with Crippen LogP contribution in [-0.2, 0) is 19.5 Å². The largest absolute Gasteiger partial charge is 0.352 e. The fourth-order valence-corrected chi connectivity index (χ4v) is 2.85. The lowest BCUT2D eigenvalue weighted by Crippen LogP contribution is -2.26. The highest BCUT2D eigenvalue weighted by atomic mass is 16.1. The molecule has 5 nitrogen and oxygen atoms in total. The molecule has 0 atom stereocenters. The van der Waals surface area contributed by atoms with E-state index in [1.165, 1.54) is 0 Å². The molecule has 0 aliphatic carbocycles. The van der Waals surface area contributed by atoms with Crippen LogP contribution < -0.4 is 11.1 Å². The minimum absolute atomic E-state index is 0.0715. The van der Waals surface area contributed by atoms with E-state index in [2.05, 4.69) is 27.9 Å². The molecule has 0 saturated heterocycles. The summed E-state index contributed by atoms with van der Waals surface area (Å²) in [5.74, 6) is 0.926. The summed E-state index contributed by atoms with van der Waals surface area (Å²) in [5, 5.41) is 2.96. The Morgan fingerprint density at radius 2 is 1.92 bits per heavy atom. The summed E-state index contributed by atoms with van der Waals surface area (Å²) in [7, 11) is 0. The van der Waals surface area contributed by atoms with Gasteiger partial charge in [0.1, 0.15) is 5.82 Å². The van der Waals surface area contributed by atoms with Crippen LogP contribution >= 0.6 is 0 Å². The number of aryl methyl sites for hydroxylation is 1. The van der Waals surface area contributed by atoms with E-state index < -0.39 is 0 Å². The Morgan fingerprint density at radius 1 is 1.17 bits per heavy atom. The summed E-state index contributed by atoms with van der Waals surface area (Å²) in [6, 6.07) is 15.5. The molecular weight excluding hydrogens is 300 g/mol. The first-order chi connectivity index (χ1) is 11.7. The molecule has 0 bridgehead atoms. The summed E-state index contributed by atoms with van der Waals surface area (Å²) >= 11 is 0. The van der Waals surface area contributed by atoms with Gasteiger partial charge in [0.25, 0.3) is 5.91 Å². The topological polar surface area (TPSA) is 72.9 Å². The highest BCUT2D eigenvalue weighted by Crippen LogP contribution is 2.16. The Morgan fingerprint density at radius 3 is 2.62 bits per heavy atom. The smallest absolute Gasteiger partial charge is 0.251 e. The number of hydrogen-bond donors (Lipinski definition) is 2. The SMILES string of the molecule is CCn1c(CCNC(=O)c2ccc(CN)cc2)nc2ccccc21. The summed E-state index contributed by atoms with van der Waals surface area (Å²) < 4.78 is 2.19. The highest BCUT2D eigenvalue weighted by Gasteiger charge is 2.10. The molecule has 0 unspecified atom stereocenters. The second-order valence-electron chi connectivity index (χ2n) is 5.67. The minimum Gasteiger partial charge on any atom is -0.352 e. The van der Waals surface area contributed by atoms with Gasteiger partial charge < -0.3 is 15.6 Å². The van der Waals surface area contributed by atoms with Gasteiger partial charge in [0.15, 0.2) is 0 Å². The monoisotopic (exact) mass is 322 g/mol. The number of carbonyl (C=O) groups is 1. The van der Waals surface area contributed by atoms with Crippen LogP contribution in [0.2, 0.25) is 0 Å². The molecular formula is C19H22N4O. The first-order valence-electron chi connectivity index (χ1n) is 8.24. The van der Waals surface area contributed by atoms with Crippen molar-refractivity contribution in [3.63, 3.8) is 0 Å². The number of imidazole rings is 1. The van der Waals surface area contributed by atoms with E-state index >= 15 is 0 Å². The van der Waals surface area contributed by atoms with Gasteiger partial charge in [0, 0.05) is 31.6 Å². The number of para-hydroxylation sites is 2. The number of amides is 1. The third kappa shape index (κ3) is 3.31. The minimum atomic E-state index is -0.0715. The Hall–Kier alpha value is -2.66. The maximum atomic E-state index is 12.2. The Labute approximate surface area is 141 Å². The standard InChI is InChI=1S/C19H22N4O/c1-2-23-17-6-4-3-5-16(17)22-18(23)11-12-21-19(24)15-9-7-14(13-20)8-10-15/h3-10H,2,11-13,20H2,1H3,(H,21,24). The molecule has 24 heavy (non-hydrogen) atoms. The van der Waals surface area contributed by atoms with Crippen molar-refractivity contribution in [2.75, 3.05) is 6.54 Å². The van der Waals surface area contributed by atoms with E-state index in [1.807, 2.05) is 30.3 Å². The zero-order valence-corrected chi connectivity index (χ0v) is 13.8. The normalized spacial score (nSPS) is 10.9. The number of rotatable bonds is 6. The Kier molecular flexibility index (Phi) is 4.91. The van der Waals surface area contributed by atoms with Gasteiger partial charge in [0.05, 0.1) is 11.0 Å². The third-order valence-electron chi connectivity index (χ3n) is 4.14. The molecule has 0 spiro atoms. The molecule has 2 aromatic carbocycles. The van der Waals surface area contributed by atoms with Crippen LogP contribution in [0.4, 0.5) is 0 Å². The van der Waals surface area contributed by atoms with Gasteiger partial charge in [-0.05, 0) is 36.8 Å². The molecule has 3 N–H and O–H groups in total. The van der Waals surface area contributed by atoms with Crippen molar-refractivity contribution in [1.82, 2.24) is 14.9 Å². The average Bonchev–Trinajstić information content (AvgIpc) is 2.99. The van der Waals surface area contributed by atoms with Crippen LogP contribution in [0.1, 0.15) is 28.7 Å². The number of nitrogens with two attached hydrogens (primary N) is 1. The van der Waals surface area contributed by atoms with E-state index in [1.54, 1.807) is 12.1 Å². The molecule has 5 heteroatoms. The van der Waals surface area contributed by atoms with Crippen molar-refractivity contribution in [2.45, 2.75) is 26.4 Å². The van der Waals surface area contributed by atoms with Gasteiger partial charge in [-0.25, -0.2) is 4.98 Å². The summed E-state index contributed by atoms with van der Waals surface area (Å²) in [6.45, 7) is 4.01. The van der Waals surface area contributed by atoms with Crippen molar-refractivity contribution in [3.8, 4) is 0 Å². The first kappa shape index (κ1) is 16.2. The summed E-state index contributed by atoms with van der Waals surface area (Å²) in [5.41, 5.74) is 9.37. The average molecular weight is 322 g/mol. The van der Waals surface area contributed by atoms with Gasteiger partial charge >= 0.3 is 0 Å². The number of benzene rings is 2. The lowest BCUT2D eigenvalue weighted by Gasteiger charge is -2.08. The van der Waals surface area contributed by atoms with Crippen LogP contribution in [0.25, 0.3) is 11.0 Å². The molecule has 1 amide bonds. The molecule has 3 rings (SSSR count). The predicted octanol–water partition coefficient (Wildman–Crippen LogP) is 2.49. The van der Waals surface area contributed by atoms with Gasteiger partial charge in [0.2, 0.25) is 0 Å². The fraction of sp³-hybridized carbons (Fsp3) is 0.263. The molecule has 0 aliphatic rings. The lowest BCUT2D eigenvalue weighted by molar-refractivity contribution is 0.0954. The molecule has 3 aromatic rings. The van der Waals surface area contributed by atoms with E-state index in [9.17, 15) is 4.79 Å². The zero-order chi connectivity index (χ0) is 16.9. The number of aromatic nitrogens is 2. The second kappa shape index (κ2) is 7.27. The van der Waals surface area contributed by atoms with Crippen LogP contribution in [0, 0.1) is 0 Å². The van der Waals surface area contributed by atoms with E-state index in [4.69, 9.17) is 5.73 Å². The maximum Gasteiger partial charge on any atom is 0.251 e. The van der Waals surface area contributed by atoms with Gasteiger partial charge in [-0.2, -0.15) is 0 Å². The number of fused-ring (bicyclic) bond motifs is 1. The van der Waals surface area contributed by atoms with E-state index in [-0.39, 0.29) is 5.91 Å². The third-order valence-corrected chi connectivity index (χ3v) is 4.14. The van der Waals surface area contributed by atoms with Crippen LogP contribution in [0.5, 0.6) is 0 Å². The van der Waals surface area contributed by atoms with Crippen molar-refractivity contribution >= 4 is 16.9 Å². The predicted molar refractivity (Wildman–Crippen MR) is 95.8 cm³/mol. The maximum absolute atomic E-state index is 12.2. The summed E-state index contributed by atoms with van der Waals surface area (Å²) in [4.78, 5) is 16.9. The second-order valence-corrected chi connectivity index (χ2v) is 5.67. The zero-order valence-electron chi connectivity index (χ0n) is 13.8. The molecule has 0 fully saturated rings. The first-order valence-corrected chi connectivity index (χ1v) is 8.24.